The van der Waals surface area contributed by atoms with Crippen molar-refractivity contribution >= 4 is 35.8 Å². The molecule has 6 heteroatoms. The van der Waals surface area contributed by atoms with E-state index in [4.69, 9.17) is 0 Å². The van der Waals surface area contributed by atoms with Crippen LogP contribution in [0.1, 0.15) is 33.6 Å². The quantitative estimate of drug-likeness (QED) is 0.423. The number of hydrogen-bond donors (Lipinski definition) is 2. The third kappa shape index (κ3) is 9.49. The molecule has 0 radical (unpaired) electrons. The molecule has 0 aromatic rings. The molecule has 108 valence electrons. The van der Waals surface area contributed by atoms with Crippen molar-refractivity contribution in [2.45, 2.75) is 39.7 Å². The van der Waals surface area contributed by atoms with Crippen LogP contribution in [0, 0.1) is 0 Å². The van der Waals surface area contributed by atoms with Gasteiger partial charge in [-0.3, -0.25) is 9.79 Å². The van der Waals surface area contributed by atoms with Crippen molar-refractivity contribution in [3.05, 3.63) is 0 Å². The largest absolute Gasteiger partial charge is 0.357 e. The summed E-state index contributed by atoms with van der Waals surface area (Å²) in [5.41, 5.74) is 0. The number of guanidine groups is 1. The van der Waals surface area contributed by atoms with Crippen LogP contribution in [-0.4, -0.2) is 50.0 Å². The molecule has 0 aliphatic carbocycles. The number of hydrogen-bond acceptors (Lipinski definition) is 2. The van der Waals surface area contributed by atoms with E-state index in [9.17, 15) is 4.79 Å². The molecule has 0 bridgehead atoms. The van der Waals surface area contributed by atoms with Gasteiger partial charge in [0.05, 0.1) is 6.54 Å². The molecular weight excluding hydrogens is 343 g/mol. The molecule has 0 fully saturated rings. The van der Waals surface area contributed by atoms with Gasteiger partial charge < -0.3 is 15.5 Å². The first-order chi connectivity index (χ1) is 8.01. The SMILES string of the molecule is CCNC(=NCCC(=O)N(C)C)NC(C)CC.I. The lowest BCUT2D eigenvalue weighted by atomic mass is 10.3. The summed E-state index contributed by atoms with van der Waals surface area (Å²) in [6.07, 6.45) is 1.49. The standard InChI is InChI=1S/C12H26N4O.HI/c1-6-10(3)15-12(13-7-2)14-9-8-11(17)16(4)5;/h10H,6-9H2,1-5H3,(H2,13,14,15);1H. The lowest BCUT2D eigenvalue weighted by Crippen LogP contribution is -2.42. The number of nitrogens with one attached hydrogen (secondary N) is 2. The van der Waals surface area contributed by atoms with Gasteiger partial charge in [0.25, 0.3) is 0 Å². The number of aliphatic imine (C=N–C) groups is 1. The van der Waals surface area contributed by atoms with Gasteiger partial charge in [0.2, 0.25) is 5.91 Å². The highest BCUT2D eigenvalue weighted by atomic mass is 127. The maximum absolute atomic E-state index is 11.4. The summed E-state index contributed by atoms with van der Waals surface area (Å²) in [6, 6.07) is 0.386. The van der Waals surface area contributed by atoms with Crippen molar-refractivity contribution in [1.82, 2.24) is 15.5 Å². The maximum Gasteiger partial charge on any atom is 0.223 e. The van der Waals surface area contributed by atoms with Crippen molar-refractivity contribution in [2.24, 2.45) is 4.99 Å². The molecule has 0 spiro atoms. The normalized spacial score (nSPS) is 12.4. The Morgan fingerprint density at radius 1 is 1.33 bits per heavy atom. The zero-order chi connectivity index (χ0) is 13.3. The Kier molecular flexibility index (Phi) is 12.7. The Labute approximate surface area is 128 Å². The molecule has 0 aliphatic heterocycles. The summed E-state index contributed by atoms with van der Waals surface area (Å²) < 4.78 is 0. The molecule has 1 unspecified atom stereocenters. The summed E-state index contributed by atoms with van der Waals surface area (Å²) in [5, 5.41) is 6.45. The van der Waals surface area contributed by atoms with Gasteiger partial charge in [-0.25, -0.2) is 0 Å². The summed E-state index contributed by atoms with van der Waals surface area (Å²) >= 11 is 0. The molecule has 1 atom stereocenters. The van der Waals surface area contributed by atoms with E-state index in [2.05, 4.69) is 29.5 Å². The minimum Gasteiger partial charge on any atom is -0.357 e. The van der Waals surface area contributed by atoms with Gasteiger partial charge in [0, 0.05) is 33.1 Å². The molecule has 1 amide bonds. The molecule has 0 rings (SSSR count). The zero-order valence-electron chi connectivity index (χ0n) is 12.1. The second kappa shape index (κ2) is 11.6. The fraction of sp³-hybridized carbons (Fsp3) is 0.833. The molecule has 5 nitrogen and oxygen atoms in total. The lowest BCUT2D eigenvalue weighted by Gasteiger charge is -2.16. The number of halogens is 1. The predicted molar refractivity (Wildman–Crippen MR) is 87.6 cm³/mol. The molecule has 0 saturated heterocycles. The van der Waals surface area contributed by atoms with Crippen LogP contribution in [0.2, 0.25) is 0 Å². The van der Waals surface area contributed by atoms with Crippen LogP contribution in [0.5, 0.6) is 0 Å². The average Bonchev–Trinajstić information content (AvgIpc) is 2.28. The highest BCUT2D eigenvalue weighted by molar-refractivity contribution is 14.0. The molecule has 2 N–H and O–H groups in total. The number of rotatable bonds is 6. The van der Waals surface area contributed by atoms with Gasteiger partial charge in [0.15, 0.2) is 5.96 Å². The van der Waals surface area contributed by atoms with E-state index in [0.29, 0.717) is 19.0 Å². The van der Waals surface area contributed by atoms with Crippen molar-refractivity contribution in [1.29, 1.82) is 0 Å². The Balaban J connectivity index is 0. The Morgan fingerprint density at radius 2 is 1.94 bits per heavy atom. The highest BCUT2D eigenvalue weighted by Gasteiger charge is 2.04. The topological polar surface area (TPSA) is 56.7 Å². The van der Waals surface area contributed by atoms with Crippen molar-refractivity contribution in [3.8, 4) is 0 Å². The minimum absolute atomic E-state index is 0. The molecule has 0 heterocycles. The number of carbonyl (C=O) groups is 1. The van der Waals surface area contributed by atoms with E-state index in [1.165, 1.54) is 0 Å². The first-order valence-corrected chi connectivity index (χ1v) is 6.26. The Hall–Kier alpha value is -0.530. The van der Waals surface area contributed by atoms with Crippen LogP contribution in [0.4, 0.5) is 0 Å². The van der Waals surface area contributed by atoms with Crippen LogP contribution in [0.3, 0.4) is 0 Å². The predicted octanol–water partition coefficient (Wildman–Crippen LogP) is 1.44. The van der Waals surface area contributed by atoms with E-state index in [0.717, 1.165) is 18.9 Å². The molecule has 0 aliphatic rings. The second-order valence-corrected chi connectivity index (χ2v) is 4.25. The summed E-state index contributed by atoms with van der Waals surface area (Å²) in [7, 11) is 3.52. The third-order valence-electron chi connectivity index (χ3n) is 2.43. The van der Waals surface area contributed by atoms with Crippen molar-refractivity contribution < 1.29 is 4.79 Å². The van der Waals surface area contributed by atoms with Crippen molar-refractivity contribution in [2.75, 3.05) is 27.2 Å². The van der Waals surface area contributed by atoms with Crippen LogP contribution >= 0.6 is 24.0 Å². The molecule has 0 aromatic heterocycles. The van der Waals surface area contributed by atoms with Crippen LogP contribution in [-0.2, 0) is 4.79 Å². The van der Waals surface area contributed by atoms with Crippen LogP contribution < -0.4 is 10.6 Å². The van der Waals surface area contributed by atoms with E-state index in [1.54, 1.807) is 19.0 Å². The monoisotopic (exact) mass is 370 g/mol. The zero-order valence-corrected chi connectivity index (χ0v) is 14.4. The summed E-state index contributed by atoms with van der Waals surface area (Å²) in [5.74, 6) is 0.890. The number of carbonyl (C=O) groups excluding carboxylic acids is 1. The van der Waals surface area contributed by atoms with Gasteiger partial charge in [-0.15, -0.1) is 24.0 Å². The maximum atomic E-state index is 11.4. The Bertz CT molecular complexity index is 256. The van der Waals surface area contributed by atoms with Gasteiger partial charge in [0.1, 0.15) is 0 Å². The van der Waals surface area contributed by atoms with Crippen LogP contribution in [0.15, 0.2) is 4.99 Å². The summed E-state index contributed by atoms with van der Waals surface area (Å²) in [6.45, 7) is 7.60. The first-order valence-electron chi connectivity index (χ1n) is 6.26. The fourth-order valence-electron chi connectivity index (χ4n) is 1.14. The van der Waals surface area contributed by atoms with Crippen molar-refractivity contribution in [3.63, 3.8) is 0 Å². The van der Waals surface area contributed by atoms with Gasteiger partial charge >= 0.3 is 0 Å². The van der Waals surface area contributed by atoms with Gasteiger partial charge in [-0.05, 0) is 20.3 Å². The minimum atomic E-state index is 0. The lowest BCUT2D eigenvalue weighted by molar-refractivity contribution is -0.128. The third-order valence-corrected chi connectivity index (χ3v) is 2.43. The second-order valence-electron chi connectivity index (χ2n) is 4.25. The molecule has 0 aromatic carbocycles. The number of nitrogens with zero attached hydrogens (tertiary/aromatic N) is 2. The fourth-order valence-corrected chi connectivity index (χ4v) is 1.14. The average molecular weight is 370 g/mol. The van der Waals surface area contributed by atoms with Gasteiger partial charge in [-0.1, -0.05) is 6.92 Å². The van der Waals surface area contributed by atoms with E-state index >= 15 is 0 Å². The summed E-state index contributed by atoms with van der Waals surface area (Å²) in [4.78, 5) is 17.3. The molecular formula is C12H27IN4O. The smallest absolute Gasteiger partial charge is 0.223 e. The van der Waals surface area contributed by atoms with E-state index in [1.807, 2.05) is 6.92 Å². The van der Waals surface area contributed by atoms with E-state index in [-0.39, 0.29) is 29.9 Å². The van der Waals surface area contributed by atoms with E-state index < -0.39 is 0 Å². The molecule has 0 saturated carbocycles. The first kappa shape index (κ1) is 19.8. The van der Waals surface area contributed by atoms with Gasteiger partial charge in [-0.2, -0.15) is 0 Å². The molecule has 18 heavy (non-hydrogen) atoms. The van der Waals surface area contributed by atoms with Crippen LogP contribution in [0.25, 0.3) is 0 Å². The Morgan fingerprint density at radius 3 is 2.39 bits per heavy atom. The highest BCUT2D eigenvalue weighted by Crippen LogP contribution is 1.90. The number of amides is 1.